The first-order chi connectivity index (χ1) is 13.1. The summed E-state index contributed by atoms with van der Waals surface area (Å²) in [5, 5.41) is 19.4. The molecule has 1 rings (SSSR count). The van der Waals surface area contributed by atoms with Crippen molar-refractivity contribution in [1.29, 1.82) is 0 Å². The first-order valence-corrected chi connectivity index (χ1v) is 11.5. The predicted octanol–water partition coefficient (Wildman–Crippen LogP) is 6.56. The molecule has 0 aromatic rings. The van der Waals surface area contributed by atoms with E-state index in [2.05, 4.69) is 25.7 Å². The Labute approximate surface area is 172 Å². The Bertz CT molecular complexity index is 444. The molecule has 0 aliphatic heterocycles. The molecule has 1 fully saturated rings. The molecular weight excluding hydrogens is 356 g/mol. The van der Waals surface area contributed by atoms with Gasteiger partial charge in [-0.1, -0.05) is 82.8 Å². The van der Waals surface area contributed by atoms with Crippen molar-refractivity contribution in [3.8, 4) is 0 Å². The molecule has 3 heteroatoms. The average molecular weight is 397 g/mol. The van der Waals surface area contributed by atoms with Gasteiger partial charge in [-0.25, -0.2) is 0 Å². The van der Waals surface area contributed by atoms with Gasteiger partial charge in [0.05, 0.1) is 6.10 Å². The summed E-state index contributed by atoms with van der Waals surface area (Å²) in [5.74, 6) is 1.11. The summed E-state index contributed by atoms with van der Waals surface area (Å²) < 4.78 is 0. The summed E-state index contributed by atoms with van der Waals surface area (Å²) in [6, 6.07) is 0. The Hall–Kier alpha value is -0.570. The lowest BCUT2D eigenvalue weighted by Crippen LogP contribution is -2.13. The van der Waals surface area contributed by atoms with Crippen LogP contribution in [-0.2, 0) is 0 Å². The number of hydrogen-bond donors (Lipinski definition) is 2. The highest BCUT2D eigenvalue weighted by Gasteiger charge is 2.32. The van der Waals surface area contributed by atoms with Crippen LogP contribution >= 0.6 is 11.6 Å². The molecule has 0 radical (unpaired) electrons. The molecule has 4 atom stereocenters. The van der Waals surface area contributed by atoms with Gasteiger partial charge in [-0.05, 0) is 49.5 Å². The number of allylic oxidation sites excluding steroid dienone is 3. The van der Waals surface area contributed by atoms with Gasteiger partial charge in [-0.3, -0.25) is 0 Å². The lowest BCUT2D eigenvalue weighted by atomic mass is 9.89. The summed E-state index contributed by atoms with van der Waals surface area (Å²) in [4.78, 5) is 0. The monoisotopic (exact) mass is 396 g/mol. The maximum atomic E-state index is 10.3. The molecule has 0 spiro atoms. The maximum absolute atomic E-state index is 10.3. The summed E-state index contributed by atoms with van der Waals surface area (Å²) in [6.45, 7) is 6.35. The van der Waals surface area contributed by atoms with Gasteiger partial charge >= 0.3 is 0 Å². The van der Waals surface area contributed by atoms with E-state index in [1.54, 1.807) is 6.08 Å². The minimum Gasteiger partial charge on any atom is -0.396 e. The highest BCUT2D eigenvalue weighted by molar-refractivity contribution is 6.21. The Morgan fingerprint density at radius 1 is 1.11 bits per heavy atom. The molecule has 1 unspecified atom stereocenters. The van der Waals surface area contributed by atoms with Gasteiger partial charge in [0.15, 0.2) is 0 Å². The Morgan fingerprint density at radius 3 is 2.56 bits per heavy atom. The third-order valence-electron chi connectivity index (χ3n) is 5.83. The van der Waals surface area contributed by atoms with Crippen LogP contribution in [0.2, 0.25) is 0 Å². The fourth-order valence-electron chi connectivity index (χ4n) is 4.08. The lowest BCUT2D eigenvalue weighted by molar-refractivity contribution is 0.200. The highest BCUT2D eigenvalue weighted by Crippen LogP contribution is 2.39. The number of unbranched alkanes of at least 4 members (excludes halogenated alkanes) is 6. The van der Waals surface area contributed by atoms with Crippen LogP contribution in [-0.4, -0.2) is 28.3 Å². The van der Waals surface area contributed by atoms with E-state index < -0.39 is 6.10 Å². The van der Waals surface area contributed by atoms with Crippen LogP contribution in [0, 0.1) is 11.8 Å². The molecule has 0 saturated heterocycles. The van der Waals surface area contributed by atoms with E-state index in [-0.39, 0.29) is 0 Å². The second-order valence-electron chi connectivity index (χ2n) is 7.97. The van der Waals surface area contributed by atoms with Gasteiger partial charge in [0.2, 0.25) is 0 Å². The number of alkyl halides is 1. The van der Waals surface area contributed by atoms with Crippen molar-refractivity contribution >= 4 is 11.6 Å². The van der Waals surface area contributed by atoms with Crippen LogP contribution in [0.1, 0.15) is 84.0 Å². The molecular formula is C24H41ClO2. The minimum absolute atomic E-state index is 0.291. The third kappa shape index (κ3) is 9.96. The minimum atomic E-state index is -0.405. The van der Waals surface area contributed by atoms with E-state index in [1.165, 1.54) is 32.1 Å². The zero-order valence-electron chi connectivity index (χ0n) is 17.3. The Morgan fingerprint density at radius 2 is 1.85 bits per heavy atom. The van der Waals surface area contributed by atoms with Crippen LogP contribution in [0.25, 0.3) is 0 Å². The third-order valence-corrected chi connectivity index (χ3v) is 6.38. The lowest BCUT2D eigenvalue weighted by Gasteiger charge is -2.19. The van der Waals surface area contributed by atoms with Crippen molar-refractivity contribution in [1.82, 2.24) is 0 Å². The number of halogens is 1. The molecule has 1 saturated carbocycles. The molecule has 27 heavy (non-hydrogen) atoms. The summed E-state index contributed by atoms with van der Waals surface area (Å²) in [7, 11) is 0. The van der Waals surface area contributed by atoms with Crippen molar-refractivity contribution < 1.29 is 10.2 Å². The molecule has 2 nitrogen and oxygen atoms in total. The zero-order chi connectivity index (χ0) is 19.9. The summed E-state index contributed by atoms with van der Waals surface area (Å²) >= 11 is 6.59. The molecule has 0 aromatic carbocycles. The van der Waals surface area contributed by atoms with E-state index >= 15 is 0 Å². The van der Waals surface area contributed by atoms with E-state index in [1.807, 2.05) is 6.08 Å². The fraction of sp³-hybridized carbons (Fsp3) is 0.750. The first-order valence-electron chi connectivity index (χ1n) is 11.1. The molecule has 0 bridgehead atoms. The van der Waals surface area contributed by atoms with Gasteiger partial charge < -0.3 is 10.2 Å². The largest absolute Gasteiger partial charge is 0.396 e. The van der Waals surface area contributed by atoms with Crippen LogP contribution < -0.4 is 0 Å². The zero-order valence-corrected chi connectivity index (χ0v) is 18.0. The van der Waals surface area contributed by atoms with E-state index in [0.29, 0.717) is 23.8 Å². The number of rotatable bonds is 15. The predicted molar refractivity (Wildman–Crippen MR) is 118 cm³/mol. The highest BCUT2D eigenvalue weighted by atomic mass is 35.5. The van der Waals surface area contributed by atoms with Gasteiger partial charge in [0.25, 0.3) is 0 Å². The standard InChI is InChI=1S/C24H41ClO2/c1-3-5-9-16-24(27)20(4-2)13-12-14-21-17-18-23(25)22(21)15-10-7-6-8-11-19-26/h4,12-14,21-24,26-27H,2-3,5-11,15-19H2,1H3/b14-12+,20-13+/t21-,22+,23+,24?/m0/s1. The second kappa shape index (κ2) is 15.4. The topological polar surface area (TPSA) is 40.5 Å². The van der Waals surface area contributed by atoms with Crippen molar-refractivity contribution in [3.05, 3.63) is 36.5 Å². The van der Waals surface area contributed by atoms with Gasteiger partial charge in [-0.15, -0.1) is 11.6 Å². The van der Waals surface area contributed by atoms with Crippen molar-refractivity contribution in [2.24, 2.45) is 11.8 Å². The number of aliphatic hydroxyl groups is 2. The SMILES string of the molecule is C=C/C(=C\C=C\[C@H]1CC[C@@H](Cl)[C@@H]1CCCCCCCO)C(O)CCCCC. The molecule has 156 valence electrons. The van der Waals surface area contributed by atoms with Gasteiger partial charge in [-0.2, -0.15) is 0 Å². The van der Waals surface area contributed by atoms with Crippen LogP contribution in [0.4, 0.5) is 0 Å². The maximum Gasteiger partial charge on any atom is 0.0789 e. The normalized spacial score (nSPS) is 24.6. The van der Waals surface area contributed by atoms with Crippen molar-refractivity contribution in [3.63, 3.8) is 0 Å². The van der Waals surface area contributed by atoms with Crippen LogP contribution in [0.3, 0.4) is 0 Å². The molecule has 0 heterocycles. The summed E-state index contributed by atoms with van der Waals surface area (Å²) in [6.07, 6.45) is 21.2. The summed E-state index contributed by atoms with van der Waals surface area (Å²) in [5.41, 5.74) is 0.920. The Kier molecular flexibility index (Phi) is 13.9. The van der Waals surface area contributed by atoms with Crippen LogP contribution in [0.15, 0.2) is 36.5 Å². The quantitative estimate of drug-likeness (QED) is 0.187. The number of hydrogen-bond acceptors (Lipinski definition) is 2. The van der Waals surface area contributed by atoms with Crippen molar-refractivity contribution in [2.45, 2.75) is 95.5 Å². The van der Waals surface area contributed by atoms with Gasteiger partial charge in [0.1, 0.15) is 0 Å². The van der Waals surface area contributed by atoms with Crippen molar-refractivity contribution in [2.75, 3.05) is 6.61 Å². The second-order valence-corrected chi connectivity index (χ2v) is 8.53. The number of aliphatic hydroxyl groups excluding tert-OH is 2. The van der Waals surface area contributed by atoms with E-state index in [9.17, 15) is 5.11 Å². The Balaban J connectivity index is 2.46. The molecule has 1 aliphatic rings. The average Bonchev–Trinajstić information content (AvgIpc) is 3.01. The van der Waals surface area contributed by atoms with E-state index in [0.717, 1.165) is 50.5 Å². The molecule has 0 amide bonds. The van der Waals surface area contributed by atoms with Crippen LogP contribution in [0.5, 0.6) is 0 Å². The molecule has 0 aromatic heterocycles. The molecule has 2 N–H and O–H groups in total. The first kappa shape index (κ1) is 24.5. The molecule has 1 aliphatic carbocycles. The van der Waals surface area contributed by atoms with E-state index in [4.69, 9.17) is 16.7 Å². The smallest absolute Gasteiger partial charge is 0.0789 e. The fourth-order valence-corrected chi connectivity index (χ4v) is 4.52. The van der Waals surface area contributed by atoms with Gasteiger partial charge in [0, 0.05) is 12.0 Å².